The lowest BCUT2D eigenvalue weighted by molar-refractivity contribution is -0.150. The summed E-state index contributed by atoms with van der Waals surface area (Å²) in [6, 6.07) is 12.2. The fourth-order valence-corrected chi connectivity index (χ4v) is 2.68. The summed E-state index contributed by atoms with van der Waals surface area (Å²) < 4.78 is 21.5. The quantitative estimate of drug-likeness (QED) is 0.573. The minimum absolute atomic E-state index is 0.199. The predicted molar refractivity (Wildman–Crippen MR) is 99.1 cm³/mol. The highest BCUT2D eigenvalue weighted by atomic mass is 16.6. The zero-order valence-corrected chi connectivity index (χ0v) is 15.4. The van der Waals surface area contributed by atoms with Crippen molar-refractivity contribution in [1.29, 1.82) is 0 Å². The van der Waals surface area contributed by atoms with Crippen LogP contribution in [0, 0.1) is 0 Å². The Balaban J connectivity index is 1.81. The first-order valence-corrected chi connectivity index (χ1v) is 8.58. The van der Waals surface area contributed by atoms with Gasteiger partial charge in [0.1, 0.15) is 17.2 Å². The molecule has 0 aliphatic carbocycles. The summed E-state index contributed by atoms with van der Waals surface area (Å²) in [6.45, 7) is 3.62. The highest BCUT2D eigenvalue weighted by Crippen LogP contribution is 2.36. The lowest BCUT2D eigenvalue weighted by Crippen LogP contribution is -2.26. The van der Waals surface area contributed by atoms with Crippen molar-refractivity contribution in [2.45, 2.75) is 20.0 Å². The van der Waals surface area contributed by atoms with E-state index in [2.05, 4.69) is 0 Å². The topological polar surface area (TPSA) is 71.1 Å². The molecule has 0 saturated carbocycles. The molecule has 2 aromatic carbocycles. The number of hydrogen-bond donors (Lipinski definition) is 0. The summed E-state index contributed by atoms with van der Waals surface area (Å²) in [5.41, 5.74) is 1.18. The number of methoxy groups -OCH3 is 1. The number of carbonyl (C=O) groups excluding carboxylic acids is 2. The Morgan fingerprint density at radius 3 is 2.74 bits per heavy atom. The molecule has 0 bridgehead atoms. The number of para-hydroxylation sites is 1. The van der Waals surface area contributed by atoms with Crippen molar-refractivity contribution in [3.8, 4) is 17.2 Å². The molecule has 1 aliphatic heterocycles. The molecule has 140 valence electrons. The first-order valence-electron chi connectivity index (χ1n) is 8.58. The van der Waals surface area contributed by atoms with Crippen molar-refractivity contribution >= 4 is 17.8 Å². The summed E-state index contributed by atoms with van der Waals surface area (Å²) >= 11 is 0. The number of ether oxygens (including phenoxy) is 4. The van der Waals surface area contributed by atoms with Gasteiger partial charge in [0, 0.05) is 11.6 Å². The van der Waals surface area contributed by atoms with Crippen LogP contribution in [0.5, 0.6) is 17.2 Å². The maximum Gasteiger partial charge on any atom is 0.347 e. The number of allylic oxidation sites excluding steroid dienone is 1. The highest BCUT2D eigenvalue weighted by molar-refractivity contribution is 6.14. The van der Waals surface area contributed by atoms with Crippen LogP contribution in [0.25, 0.3) is 6.08 Å². The van der Waals surface area contributed by atoms with E-state index >= 15 is 0 Å². The molecule has 1 atom stereocenters. The van der Waals surface area contributed by atoms with Crippen LogP contribution < -0.4 is 14.2 Å². The summed E-state index contributed by atoms with van der Waals surface area (Å²) in [4.78, 5) is 24.3. The third-order valence-electron chi connectivity index (χ3n) is 4.00. The van der Waals surface area contributed by atoms with Gasteiger partial charge in [-0.3, -0.25) is 4.79 Å². The smallest absolute Gasteiger partial charge is 0.347 e. The van der Waals surface area contributed by atoms with Gasteiger partial charge in [0.05, 0.1) is 19.3 Å². The number of benzene rings is 2. The van der Waals surface area contributed by atoms with Gasteiger partial charge in [-0.2, -0.15) is 0 Å². The third-order valence-corrected chi connectivity index (χ3v) is 4.00. The van der Waals surface area contributed by atoms with E-state index in [1.165, 1.54) is 0 Å². The number of ketones is 1. The molecule has 27 heavy (non-hydrogen) atoms. The largest absolute Gasteiger partial charge is 0.496 e. The van der Waals surface area contributed by atoms with Crippen LogP contribution >= 0.6 is 0 Å². The van der Waals surface area contributed by atoms with Gasteiger partial charge in [-0.05, 0) is 38.1 Å². The van der Waals surface area contributed by atoms with Crippen LogP contribution in [0.2, 0.25) is 0 Å². The van der Waals surface area contributed by atoms with Gasteiger partial charge >= 0.3 is 5.97 Å². The van der Waals surface area contributed by atoms with Gasteiger partial charge in [0.2, 0.25) is 5.78 Å². The average molecular weight is 368 g/mol. The van der Waals surface area contributed by atoms with E-state index in [0.29, 0.717) is 22.8 Å². The third kappa shape index (κ3) is 3.95. The molecule has 1 aliphatic rings. The van der Waals surface area contributed by atoms with Crippen LogP contribution in [0.4, 0.5) is 0 Å². The summed E-state index contributed by atoms with van der Waals surface area (Å²) in [5.74, 6) is 0.970. The van der Waals surface area contributed by atoms with E-state index in [1.54, 1.807) is 45.2 Å². The number of fused-ring (bicyclic) bond motifs is 1. The fraction of sp³-hybridized carbons (Fsp3) is 0.238. The first kappa shape index (κ1) is 18.5. The number of Topliss-reactive ketones (excluding diaryl/α,β-unsaturated/α-hetero) is 1. The Morgan fingerprint density at radius 1 is 1.22 bits per heavy atom. The fourth-order valence-electron chi connectivity index (χ4n) is 2.68. The van der Waals surface area contributed by atoms with Gasteiger partial charge in [-0.1, -0.05) is 18.2 Å². The zero-order chi connectivity index (χ0) is 19.4. The lowest BCUT2D eigenvalue weighted by Gasteiger charge is -2.13. The Hall–Kier alpha value is -3.28. The second kappa shape index (κ2) is 7.95. The first-order chi connectivity index (χ1) is 13.0. The molecule has 0 unspecified atom stereocenters. The molecule has 0 saturated heterocycles. The summed E-state index contributed by atoms with van der Waals surface area (Å²) in [5, 5.41) is 0. The van der Waals surface area contributed by atoms with Crippen molar-refractivity contribution in [2.75, 3.05) is 13.7 Å². The van der Waals surface area contributed by atoms with Crippen LogP contribution in [-0.4, -0.2) is 31.6 Å². The molecule has 6 heteroatoms. The van der Waals surface area contributed by atoms with E-state index in [4.69, 9.17) is 18.9 Å². The molecule has 0 spiro atoms. The Kier molecular flexibility index (Phi) is 5.45. The standard InChI is InChI=1S/C21H20O6/c1-4-25-21(23)13(2)26-15-9-10-16-18(12-15)27-19(20(16)22)11-14-7-5-6-8-17(14)24-3/h5-13H,4H2,1-3H3/t13-/m1/s1. The van der Waals surface area contributed by atoms with Gasteiger partial charge in [0.15, 0.2) is 11.9 Å². The zero-order valence-electron chi connectivity index (χ0n) is 15.4. The Labute approximate surface area is 157 Å². The van der Waals surface area contributed by atoms with Gasteiger partial charge in [-0.15, -0.1) is 0 Å². The molecule has 0 aromatic heterocycles. The monoisotopic (exact) mass is 368 g/mol. The van der Waals surface area contributed by atoms with E-state index in [0.717, 1.165) is 5.56 Å². The second-order valence-corrected chi connectivity index (χ2v) is 5.85. The molecule has 0 N–H and O–H groups in total. The van der Waals surface area contributed by atoms with Gasteiger partial charge in [0.25, 0.3) is 0 Å². The molecular weight excluding hydrogens is 348 g/mol. The molecule has 6 nitrogen and oxygen atoms in total. The minimum atomic E-state index is -0.760. The predicted octanol–water partition coefficient (Wildman–Crippen LogP) is 3.64. The summed E-state index contributed by atoms with van der Waals surface area (Å²) in [7, 11) is 1.57. The molecule has 0 amide bonds. The maximum absolute atomic E-state index is 12.6. The van der Waals surface area contributed by atoms with Gasteiger partial charge < -0.3 is 18.9 Å². The van der Waals surface area contributed by atoms with Crippen molar-refractivity contribution in [2.24, 2.45) is 0 Å². The molecular formula is C21H20O6. The number of carbonyl (C=O) groups is 2. The SMILES string of the molecule is CCOC(=O)[C@@H](C)Oc1ccc2c(c1)OC(=Cc1ccccc1OC)C2=O. The van der Waals surface area contributed by atoms with Crippen molar-refractivity contribution < 1.29 is 28.5 Å². The molecule has 3 rings (SSSR count). The molecule has 0 radical (unpaired) electrons. The highest BCUT2D eigenvalue weighted by Gasteiger charge is 2.28. The van der Waals surface area contributed by atoms with Crippen LogP contribution in [0.3, 0.4) is 0 Å². The van der Waals surface area contributed by atoms with Gasteiger partial charge in [-0.25, -0.2) is 4.79 Å². The number of esters is 1. The number of rotatable bonds is 6. The average Bonchev–Trinajstić information content (AvgIpc) is 2.97. The number of hydrogen-bond acceptors (Lipinski definition) is 6. The van der Waals surface area contributed by atoms with Crippen molar-refractivity contribution in [3.63, 3.8) is 0 Å². The maximum atomic E-state index is 12.6. The molecule has 2 aromatic rings. The van der Waals surface area contributed by atoms with Crippen molar-refractivity contribution in [3.05, 3.63) is 59.4 Å². The minimum Gasteiger partial charge on any atom is -0.496 e. The Morgan fingerprint density at radius 2 is 2.00 bits per heavy atom. The Bertz CT molecular complexity index is 899. The van der Waals surface area contributed by atoms with Crippen LogP contribution in [0.15, 0.2) is 48.2 Å². The summed E-state index contributed by atoms with van der Waals surface area (Å²) in [6.07, 6.45) is 0.881. The lowest BCUT2D eigenvalue weighted by atomic mass is 10.1. The normalized spacial score (nSPS) is 15.1. The van der Waals surface area contributed by atoms with E-state index in [-0.39, 0.29) is 18.1 Å². The van der Waals surface area contributed by atoms with Crippen LogP contribution in [-0.2, 0) is 9.53 Å². The van der Waals surface area contributed by atoms with E-state index in [1.807, 2.05) is 24.3 Å². The van der Waals surface area contributed by atoms with E-state index in [9.17, 15) is 9.59 Å². The second-order valence-electron chi connectivity index (χ2n) is 5.85. The van der Waals surface area contributed by atoms with Crippen LogP contribution in [0.1, 0.15) is 29.8 Å². The van der Waals surface area contributed by atoms with Crippen molar-refractivity contribution in [1.82, 2.24) is 0 Å². The molecule has 1 heterocycles. The van der Waals surface area contributed by atoms with E-state index < -0.39 is 12.1 Å². The molecule has 0 fully saturated rings.